The highest BCUT2D eigenvalue weighted by atomic mass is 127. The summed E-state index contributed by atoms with van der Waals surface area (Å²) in [5.41, 5.74) is -0.296. The third kappa shape index (κ3) is 1.74. The first-order chi connectivity index (χ1) is 4.66. The molecular weight excluding hydrogens is 247 g/mol. The van der Waals surface area contributed by atoms with Crippen molar-refractivity contribution in [2.45, 2.75) is 18.9 Å². The molecule has 1 rings (SSSR count). The van der Waals surface area contributed by atoms with Crippen LogP contribution in [0.5, 0.6) is 0 Å². The Hall–Kier alpha value is 0. The van der Waals surface area contributed by atoms with Gasteiger partial charge in [-0.2, -0.15) is 0 Å². The third-order valence-electron chi connectivity index (χ3n) is 1.46. The maximum atomic E-state index is 10.6. The van der Waals surface area contributed by atoms with Crippen molar-refractivity contribution in [2.75, 3.05) is 11.0 Å². The molecule has 10 heavy (non-hydrogen) atoms. The average Bonchev–Trinajstić information content (AvgIpc) is 1.88. The van der Waals surface area contributed by atoms with Crippen LogP contribution >= 0.6 is 22.6 Å². The molecule has 0 unspecified atom stereocenters. The highest BCUT2D eigenvalue weighted by Crippen LogP contribution is 2.23. The molecule has 0 aromatic carbocycles. The topological polar surface area (TPSA) is 35.5 Å². The molecule has 0 amide bonds. The Morgan fingerprint density at radius 1 is 1.80 bits per heavy atom. The van der Waals surface area contributed by atoms with E-state index in [1.807, 2.05) is 6.92 Å². The highest BCUT2D eigenvalue weighted by molar-refractivity contribution is 14.1. The van der Waals surface area contributed by atoms with E-state index in [-0.39, 0.29) is 5.60 Å². The van der Waals surface area contributed by atoms with Crippen LogP contribution in [-0.4, -0.2) is 22.8 Å². The van der Waals surface area contributed by atoms with Crippen LogP contribution in [-0.2, 0) is 9.47 Å². The molecule has 58 valence electrons. The predicted molar refractivity (Wildman–Crippen MR) is 44.3 cm³/mol. The van der Waals surface area contributed by atoms with E-state index in [4.69, 9.17) is 4.74 Å². The number of rotatable bonds is 1. The lowest BCUT2D eigenvalue weighted by molar-refractivity contribution is -0.0616. The van der Waals surface area contributed by atoms with E-state index >= 15 is 0 Å². The summed E-state index contributed by atoms with van der Waals surface area (Å²) in [4.78, 5) is 10.6. The number of ether oxygens (including phenoxy) is 2. The Morgan fingerprint density at radius 2 is 2.50 bits per heavy atom. The lowest BCUT2D eigenvalue weighted by Crippen LogP contribution is -2.39. The zero-order valence-electron chi connectivity index (χ0n) is 5.72. The van der Waals surface area contributed by atoms with Crippen molar-refractivity contribution in [3.8, 4) is 0 Å². The highest BCUT2D eigenvalue weighted by Gasteiger charge is 2.32. The standard InChI is InChI=1S/C6H9IO3/c1-6(4-7)2-3-9-5(8)10-6/h2-4H2,1H3/t6-/m0/s1. The van der Waals surface area contributed by atoms with Gasteiger partial charge in [0.1, 0.15) is 5.60 Å². The summed E-state index contributed by atoms with van der Waals surface area (Å²) < 4.78 is 10.4. The molecule has 1 aliphatic rings. The molecule has 0 N–H and O–H groups in total. The summed E-state index contributed by atoms with van der Waals surface area (Å²) >= 11 is 2.20. The molecule has 1 saturated heterocycles. The summed E-state index contributed by atoms with van der Waals surface area (Å²) in [6.07, 6.45) is 0.257. The van der Waals surface area contributed by atoms with Gasteiger partial charge in [-0.3, -0.25) is 0 Å². The summed E-state index contributed by atoms with van der Waals surface area (Å²) in [6, 6.07) is 0. The SMILES string of the molecule is C[C@@]1(CI)CCOC(=O)O1. The molecule has 0 radical (unpaired) electrons. The largest absolute Gasteiger partial charge is 0.508 e. The lowest BCUT2D eigenvalue weighted by Gasteiger charge is -2.30. The Morgan fingerprint density at radius 3 is 2.90 bits per heavy atom. The summed E-state index contributed by atoms with van der Waals surface area (Å²) in [5, 5.41) is 0. The first kappa shape index (κ1) is 8.10. The van der Waals surface area contributed by atoms with Crippen molar-refractivity contribution in [3.63, 3.8) is 0 Å². The molecule has 1 heterocycles. The van der Waals surface area contributed by atoms with E-state index in [1.165, 1.54) is 0 Å². The normalized spacial score (nSPS) is 32.8. The monoisotopic (exact) mass is 256 g/mol. The van der Waals surface area contributed by atoms with Crippen LogP contribution in [0.2, 0.25) is 0 Å². The minimum absolute atomic E-state index is 0.296. The predicted octanol–water partition coefficient (Wildman–Crippen LogP) is 1.74. The molecule has 1 aliphatic heterocycles. The molecule has 3 nitrogen and oxygen atoms in total. The van der Waals surface area contributed by atoms with Gasteiger partial charge >= 0.3 is 6.16 Å². The summed E-state index contributed by atoms with van der Waals surface area (Å²) in [5.74, 6) is 0. The van der Waals surface area contributed by atoms with Gasteiger partial charge in [-0.05, 0) is 6.92 Å². The molecule has 0 aromatic heterocycles. The fraction of sp³-hybridized carbons (Fsp3) is 0.833. The maximum Gasteiger partial charge on any atom is 0.508 e. The Kier molecular flexibility index (Phi) is 2.38. The fourth-order valence-corrected chi connectivity index (χ4v) is 1.26. The van der Waals surface area contributed by atoms with Crippen molar-refractivity contribution in [3.05, 3.63) is 0 Å². The first-order valence-electron chi connectivity index (χ1n) is 3.08. The fourth-order valence-electron chi connectivity index (χ4n) is 0.726. The molecule has 0 spiro atoms. The van der Waals surface area contributed by atoms with Gasteiger partial charge in [0.2, 0.25) is 0 Å². The Labute approximate surface area is 73.2 Å². The van der Waals surface area contributed by atoms with Gasteiger partial charge in [-0.15, -0.1) is 0 Å². The van der Waals surface area contributed by atoms with Crippen molar-refractivity contribution in [2.24, 2.45) is 0 Å². The molecule has 1 fully saturated rings. The average molecular weight is 256 g/mol. The van der Waals surface area contributed by atoms with Gasteiger partial charge in [0, 0.05) is 10.8 Å². The van der Waals surface area contributed by atoms with E-state index < -0.39 is 6.16 Å². The van der Waals surface area contributed by atoms with Gasteiger partial charge in [0.15, 0.2) is 0 Å². The van der Waals surface area contributed by atoms with Gasteiger partial charge in [-0.25, -0.2) is 4.79 Å². The van der Waals surface area contributed by atoms with Crippen molar-refractivity contribution >= 4 is 28.7 Å². The second kappa shape index (κ2) is 2.94. The molecule has 0 aromatic rings. The van der Waals surface area contributed by atoms with E-state index in [0.29, 0.717) is 6.61 Å². The lowest BCUT2D eigenvalue weighted by atomic mass is 10.1. The Balaban J connectivity index is 2.53. The molecule has 1 atom stereocenters. The second-order valence-electron chi connectivity index (χ2n) is 2.53. The van der Waals surface area contributed by atoms with Crippen LogP contribution in [0.25, 0.3) is 0 Å². The Bertz CT molecular complexity index is 148. The minimum atomic E-state index is -0.537. The number of cyclic esters (lactones) is 2. The van der Waals surface area contributed by atoms with Gasteiger partial charge in [0.25, 0.3) is 0 Å². The summed E-state index contributed by atoms with van der Waals surface area (Å²) in [6.45, 7) is 2.40. The van der Waals surface area contributed by atoms with Crippen LogP contribution in [0, 0.1) is 0 Å². The number of hydrogen-bond donors (Lipinski definition) is 0. The summed E-state index contributed by atoms with van der Waals surface area (Å²) in [7, 11) is 0. The zero-order chi connectivity index (χ0) is 7.61. The smallest absolute Gasteiger partial charge is 0.434 e. The number of hydrogen-bond acceptors (Lipinski definition) is 3. The van der Waals surface area contributed by atoms with Gasteiger partial charge in [0.05, 0.1) is 6.61 Å². The van der Waals surface area contributed by atoms with Crippen molar-refractivity contribution in [1.29, 1.82) is 0 Å². The number of carbonyl (C=O) groups is 1. The molecule has 4 heteroatoms. The van der Waals surface area contributed by atoms with Crippen LogP contribution in [0.1, 0.15) is 13.3 Å². The van der Waals surface area contributed by atoms with Crippen LogP contribution in [0.15, 0.2) is 0 Å². The van der Waals surface area contributed by atoms with Crippen LogP contribution in [0.4, 0.5) is 4.79 Å². The van der Waals surface area contributed by atoms with E-state index in [2.05, 4.69) is 27.3 Å². The minimum Gasteiger partial charge on any atom is -0.434 e. The number of carbonyl (C=O) groups excluding carboxylic acids is 1. The molecule has 0 bridgehead atoms. The van der Waals surface area contributed by atoms with E-state index in [9.17, 15) is 4.79 Å². The quantitative estimate of drug-likeness (QED) is 0.407. The van der Waals surface area contributed by atoms with Gasteiger partial charge < -0.3 is 9.47 Å². The number of alkyl halides is 1. The van der Waals surface area contributed by atoms with Crippen molar-refractivity contribution < 1.29 is 14.3 Å². The van der Waals surface area contributed by atoms with Gasteiger partial charge in [-0.1, -0.05) is 22.6 Å². The van der Waals surface area contributed by atoms with E-state index in [0.717, 1.165) is 10.8 Å². The van der Waals surface area contributed by atoms with Crippen LogP contribution in [0.3, 0.4) is 0 Å². The second-order valence-corrected chi connectivity index (χ2v) is 3.30. The first-order valence-corrected chi connectivity index (χ1v) is 4.61. The molecule has 0 aliphatic carbocycles. The van der Waals surface area contributed by atoms with Crippen LogP contribution < -0.4 is 0 Å². The molecule has 0 saturated carbocycles. The van der Waals surface area contributed by atoms with Crippen molar-refractivity contribution in [1.82, 2.24) is 0 Å². The molecular formula is C6H9IO3. The number of halogens is 1. The maximum absolute atomic E-state index is 10.6. The van der Waals surface area contributed by atoms with E-state index in [1.54, 1.807) is 0 Å². The third-order valence-corrected chi connectivity index (χ3v) is 3.08. The zero-order valence-corrected chi connectivity index (χ0v) is 7.88.